The number of aryl methyl sites for hydroxylation is 2. The van der Waals surface area contributed by atoms with Crippen LogP contribution in [0.3, 0.4) is 0 Å². The van der Waals surface area contributed by atoms with Gasteiger partial charge in [-0.1, -0.05) is 26.0 Å². The molecule has 3 rings (SSSR count). The lowest BCUT2D eigenvalue weighted by molar-refractivity contribution is 0.0578. The number of nitrogens with zero attached hydrogens (tertiary/aromatic N) is 4. The maximum atomic E-state index is 10.4. The molecular weight excluding hydrogens is 316 g/mol. The van der Waals surface area contributed by atoms with Gasteiger partial charge in [0.05, 0.1) is 6.54 Å². The quantitative estimate of drug-likeness (QED) is 0.871. The Morgan fingerprint density at radius 1 is 1.20 bits per heavy atom. The van der Waals surface area contributed by atoms with E-state index >= 15 is 0 Å². The number of aromatic nitrogens is 3. The van der Waals surface area contributed by atoms with Crippen LogP contribution >= 0.6 is 0 Å². The molecule has 25 heavy (non-hydrogen) atoms. The zero-order valence-electron chi connectivity index (χ0n) is 15.6. The van der Waals surface area contributed by atoms with Crippen LogP contribution in [0.2, 0.25) is 0 Å². The maximum absolute atomic E-state index is 10.4. The molecule has 1 aromatic carbocycles. The van der Waals surface area contributed by atoms with Crippen molar-refractivity contribution in [1.29, 1.82) is 0 Å². The molecule has 0 saturated carbocycles. The molecule has 136 valence electrons. The summed E-state index contributed by atoms with van der Waals surface area (Å²) in [6.07, 6.45) is -0.531. The second kappa shape index (κ2) is 7.54. The minimum atomic E-state index is -0.531. The summed E-state index contributed by atoms with van der Waals surface area (Å²) in [5, 5.41) is 18.7. The SMILES string of the molecule is Cc1ccc(C(C)C)c(OC[C@H](O)CN2CCn3c(C)nnc3C2)c1. The zero-order chi connectivity index (χ0) is 18.0. The van der Waals surface area contributed by atoms with Gasteiger partial charge in [0.2, 0.25) is 0 Å². The molecule has 2 aromatic rings. The molecule has 0 bridgehead atoms. The predicted molar refractivity (Wildman–Crippen MR) is 96.8 cm³/mol. The van der Waals surface area contributed by atoms with E-state index in [1.807, 2.05) is 13.0 Å². The highest BCUT2D eigenvalue weighted by atomic mass is 16.5. The molecule has 0 amide bonds. The molecule has 0 radical (unpaired) electrons. The van der Waals surface area contributed by atoms with Gasteiger partial charge in [-0.15, -0.1) is 10.2 Å². The third-order valence-electron chi connectivity index (χ3n) is 4.71. The number of aliphatic hydroxyl groups is 1. The molecule has 0 saturated heterocycles. The average Bonchev–Trinajstić information content (AvgIpc) is 2.93. The van der Waals surface area contributed by atoms with E-state index in [9.17, 15) is 5.11 Å². The van der Waals surface area contributed by atoms with E-state index in [1.165, 1.54) is 11.1 Å². The van der Waals surface area contributed by atoms with Crippen molar-refractivity contribution < 1.29 is 9.84 Å². The Hall–Kier alpha value is -1.92. The van der Waals surface area contributed by atoms with Crippen molar-refractivity contribution in [2.45, 2.75) is 52.8 Å². The van der Waals surface area contributed by atoms with Gasteiger partial charge >= 0.3 is 0 Å². The van der Waals surface area contributed by atoms with Crippen LogP contribution in [0.4, 0.5) is 0 Å². The summed E-state index contributed by atoms with van der Waals surface area (Å²) in [4.78, 5) is 2.21. The molecule has 2 heterocycles. The average molecular weight is 344 g/mol. The summed E-state index contributed by atoms with van der Waals surface area (Å²) in [5.74, 6) is 3.20. The Balaban J connectivity index is 1.55. The first-order chi connectivity index (χ1) is 11.9. The van der Waals surface area contributed by atoms with Gasteiger partial charge in [-0.25, -0.2) is 0 Å². The van der Waals surface area contributed by atoms with E-state index in [0.29, 0.717) is 19.1 Å². The number of ether oxygens (including phenoxy) is 1. The Bertz CT molecular complexity index is 726. The van der Waals surface area contributed by atoms with Crippen LogP contribution in [0.1, 0.15) is 42.5 Å². The van der Waals surface area contributed by atoms with Crippen molar-refractivity contribution in [3.05, 3.63) is 41.0 Å². The lowest BCUT2D eigenvalue weighted by Gasteiger charge is -2.29. The van der Waals surface area contributed by atoms with Crippen LogP contribution in [0.5, 0.6) is 5.75 Å². The van der Waals surface area contributed by atoms with Gasteiger partial charge in [0.15, 0.2) is 0 Å². The minimum absolute atomic E-state index is 0.297. The molecule has 6 nitrogen and oxygen atoms in total. The summed E-state index contributed by atoms with van der Waals surface area (Å²) in [7, 11) is 0. The molecule has 1 N–H and O–H groups in total. The Morgan fingerprint density at radius 2 is 2.00 bits per heavy atom. The molecule has 0 aliphatic carbocycles. The van der Waals surface area contributed by atoms with E-state index in [2.05, 4.69) is 52.6 Å². The molecule has 0 unspecified atom stereocenters. The minimum Gasteiger partial charge on any atom is -0.491 e. The van der Waals surface area contributed by atoms with Crippen molar-refractivity contribution in [3.8, 4) is 5.75 Å². The first-order valence-corrected chi connectivity index (χ1v) is 8.96. The van der Waals surface area contributed by atoms with Crippen LogP contribution < -0.4 is 4.74 Å². The molecular formula is C19H28N4O2. The van der Waals surface area contributed by atoms with Crippen molar-refractivity contribution in [1.82, 2.24) is 19.7 Å². The summed E-state index contributed by atoms with van der Waals surface area (Å²) in [6.45, 7) is 11.7. The van der Waals surface area contributed by atoms with Crippen LogP contribution in [-0.4, -0.2) is 50.6 Å². The van der Waals surface area contributed by atoms with E-state index in [4.69, 9.17) is 4.74 Å². The first-order valence-electron chi connectivity index (χ1n) is 8.96. The van der Waals surface area contributed by atoms with Gasteiger partial charge in [0.25, 0.3) is 0 Å². The molecule has 1 aromatic heterocycles. The molecule has 1 atom stereocenters. The molecule has 1 aliphatic rings. The second-order valence-electron chi connectivity index (χ2n) is 7.21. The molecule has 1 aliphatic heterocycles. The third-order valence-corrected chi connectivity index (χ3v) is 4.71. The number of hydrogen-bond acceptors (Lipinski definition) is 5. The third kappa shape index (κ3) is 4.19. The lowest BCUT2D eigenvalue weighted by atomic mass is 10.0. The number of hydrogen-bond donors (Lipinski definition) is 1. The monoisotopic (exact) mass is 344 g/mol. The topological polar surface area (TPSA) is 63.4 Å². The van der Waals surface area contributed by atoms with E-state index in [0.717, 1.165) is 37.0 Å². The molecule has 6 heteroatoms. The fourth-order valence-corrected chi connectivity index (χ4v) is 3.29. The van der Waals surface area contributed by atoms with Crippen LogP contribution in [0.15, 0.2) is 18.2 Å². The highest BCUT2D eigenvalue weighted by Crippen LogP contribution is 2.27. The summed E-state index contributed by atoms with van der Waals surface area (Å²) in [5.41, 5.74) is 2.35. The standard InChI is InChI=1S/C19H28N4O2/c1-13(2)17-6-5-14(3)9-18(17)25-12-16(24)10-22-7-8-23-15(4)20-21-19(23)11-22/h5-6,9,13,16,24H,7-8,10-12H2,1-4H3/t16-/m1/s1. The summed E-state index contributed by atoms with van der Waals surface area (Å²) >= 11 is 0. The van der Waals surface area contributed by atoms with Gasteiger partial charge in [-0.3, -0.25) is 4.90 Å². The van der Waals surface area contributed by atoms with E-state index in [-0.39, 0.29) is 0 Å². The highest BCUT2D eigenvalue weighted by molar-refractivity contribution is 5.39. The number of benzene rings is 1. The normalized spacial score (nSPS) is 16.1. The fraction of sp³-hybridized carbons (Fsp3) is 0.579. The van der Waals surface area contributed by atoms with E-state index < -0.39 is 6.10 Å². The molecule has 0 spiro atoms. The number of rotatable bonds is 6. The largest absolute Gasteiger partial charge is 0.491 e. The Kier molecular flexibility index (Phi) is 5.39. The van der Waals surface area contributed by atoms with Crippen molar-refractivity contribution in [2.75, 3.05) is 19.7 Å². The number of β-amino-alcohol motifs (C(OH)–C–C–N with tert-alkyl or cyclic N) is 1. The van der Waals surface area contributed by atoms with Gasteiger partial charge in [-0.05, 0) is 37.0 Å². The van der Waals surface area contributed by atoms with Gasteiger partial charge in [-0.2, -0.15) is 0 Å². The van der Waals surface area contributed by atoms with Crippen molar-refractivity contribution >= 4 is 0 Å². The maximum Gasteiger partial charge on any atom is 0.147 e. The molecule has 0 fully saturated rings. The van der Waals surface area contributed by atoms with Crippen molar-refractivity contribution in [2.24, 2.45) is 0 Å². The van der Waals surface area contributed by atoms with E-state index in [1.54, 1.807) is 0 Å². The number of fused-ring (bicyclic) bond motifs is 1. The lowest BCUT2D eigenvalue weighted by Crippen LogP contribution is -2.40. The second-order valence-corrected chi connectivity index (χ2v) is 7.21. The summed E-state index contributed by atoms with van der Waals surface area (Å²) < 4.78 is 8.09. The van der Waals surface area contributed by atoms with Crippen LogP contribution in [0.25, 0.3) is 0 Å². The Labute approximate surface area is 149 Å². The Morgan fingerprint density at radius 3 is 2.76 bits per heavy atom. The van der Waals surface area contributed by atoms with Crippen LogP contribution in [-0.2, 0) is 13.1 Å². The zero-order valence-corrected chi connectivity index (χ0v) is 15.6. The van der Waals surface area contributed by atoms with Gasteiger partial charge in [0, 0.05) is 19.6 Å². The van der Waals surface area contributed by atoms with Gasteiger partial charge < -0.3 is 14.4 Å². The van der Waals surface area contributed by atoms with Crippen molar-refractivity contribution in [3.63, 3.8) is 0 Å². The highest BCUT2D eigenvalue weighted by Gasteiger charge is 2.22. The predicted octanol–water partition coefficient (Wildman–Crippen LogP) is 2.27. The first kappa shape index (κ1) is 17.9. The number of aliphatic hydroxyl groups excluding tert-OH is 1. The smallest absolute Gasteiger partial charge is 0.147 e. The van der Waals surface area contributed by atoms with Crippen LogP contribution in [0, 0.1) is 13.8 Å². The van der Waals surface area contributed by atoms with Gasteiger partial charge in [0.1, 0.15) is 30.1 Å². The summed E-state index contributed by atoms with van der Waals surface area (Å²) in [6, 6.07) is 6.26. The fourth-order valence-electron chi connectivity index (χ4n) is 3.29.